The zero-order chi connectivity index (χ0) is 45.0. The van der Waals surface area contributed by atoms with Crippen LogP contribution < -0.4 is 45.0 Å². The van der Waals surface area contributed by atoms with Crippen molar-refractivity contribution in [2.75, 3.05) is 23.8 Å². The van der Waals surface area contributed by atoms with Crippen molar-refractivity contribution in [1.82, 2.24) is 53.5 Å². The van der Waals surface area contributed by atoms with E-state index < -0.39 is 0 Å². The third-order valence-electron chi connectivity index (χ3n) is 7.03. The number of hydrogen-bond acceptors (Lipinski definition) is 14. The Kier molecular flexibility index (Phi) is 19.4. The summed E-state index contributed by atoms with van der Waals surface area (Å²) in [5, 5.41) is 20.6. The van der Waals surface area contributed by atoms with E-state index >= 15 is 0 Å². The summed E-state index contributed by atoms with van der Waals surface area (Å²) in [5.41, 5.74) is 16.1. The monoisotopic (exact) mass is 1050 g/mol. The van der Waals surface area contributed by atoms with E-state index in [0.29, 0.717) is 31.8 Å². The van der Waals surface area contributed by atoms with Gasteiger partial charge in [0.05, 0.1) is 16.4 Å². The second-order valence-corrected chi connectivity index (χ2v) is 14.6. The molecule has 0 aliphatic rings. The van der Waals surface area contributed by atoms with Crippen LogP contribution in [0.5, 0.6) is 0 Å². The smallest absolute Gasteiger partial charge is 0.291 e. The van der Waals surface area contributed by atoms with Gasteiger partial charge in [-0.25, -0.2) is 23.4 Å². The molecule has 20 nitrogen and oxygen atoms in total. The predicted molar refractivity (Wildman–Crippen MR) is 241 cm³/mol. The molecule has 0 saturated carbocycles. The zero-order valence-electron chi connectivity index (χ0n) is 31.9. The summed E-state index contributed by atoms with van der Waals surface area (Å²) in [6, 6.07) is 4.42. The number of aromatic nitrogens is 11. The molecule has 6 N–H and O–H groups in total. The van der Waals surface area contributed by atoms with Gasteiger partial charge in [-0.3, -0.25) is 24.0 Å². The fourth-order valence-corrected chi connectivity index (χ4v) is 5.92. The molecule has 0 aliphatic carbocycles. The van der Waals surface area contributed by atoms with E-state index in [-0.39, 0.29) is 70.5 Å². The number of nitrogen functional groups attached to an aromatic ring is 3. The van der Waals surface area contributed by atoms with Crippen LogP contribution in [0, 0.1) is 3.57 Å². The van der Waals surface area contributed by atoms with Gasteiger partial charge in [-0.05, 0) is 41.7 Å². The van der Waals surface area contributed by atoms with Gasteiger partial charge in [-0.15, -0.1) is 0 Å². The van der Waals surface area contributed by atoms with E-state index in [1.165, 1.54) is 57.3 Å². The van der Waals surface area contributed by atoms with E-state index in [1.807, 2.05) is 29.5 Å². The quantitative estimate of drug-likeness (QED) is 0.169. The van der Waals surface area contributed by atoms with Gasteiger partial charge in [0.1, 0.15) is 27.6 Å². The van der Waals surface area contributed by atoms with Crippen molar-refractivity contribution in [3.8, 4) is 0 Å². The molecule has 318 valence electrons. The van der Waals surface area contributed by atoms with E-state index in [0.717, 1.165) is 18.7 Å². The van der Waals surface area contributed by atoms with Crippen LogP contribution in [0.1, 0.15) is 12.5 Å². The minimum Gasteiger partial charge on any atom is -0.501 e. The fraction of sp³-hybridized carbons (Fsp3) is 0.250. The largest absolute Gasteiger partial charge is 0.501 e. The number of aryl methyl sites for hydroxylation is 6. The van der Waals surface area contributed by atoms with Crippen molar-refractivity contribution in [3.05, 3.63) is 122 Å². The van der Waals surface area contributed by atoms with Gasteiger partial charge in [0, 0.05) is 71.6 Å². The standard InChI is InChI=1S/C9H12ClN3O2.C8H8ClN3O.C5H4Cl2N2O.C5H5ClIN3O.C5H6ClN3O/c1-3-15-5-4-6-7(11)9(14)13(2)12-8(6)10;1-11-4-3-5-6(11)8(13)12(2)10-7(5)9;1-9-5(10)3(6)2-4(7)8-9;1-10-5(11)3(8)2(7)4(6)9-10;1-9-5(10)3(7)2-4(6)8-9/h4-5H,3,11H2,1-2H3;3-4H,1-2H3;2H,1H3;8H2,1H3;2H,7H2,1H3/b5-4+;;;;. The summed E-state index contributed by atoms with van der Waals surface area (Å²) in [4.78, 5) is 55.7. The Balaban J connectivity index is 0.000000257. The number of nitrogens with two attached hydrogens (primary N) is 3. The Labute approximate surface area is 377 Å². The molecule has 6 aromatic rings. The predicted octanol–water partition coefficient (Wildman–Crippen LogP) is 3.67. The first-order chi connectivity index (χ1) is 27.4. The normalized spacial score (nSPS) is 10.4. The summed E-state index contributed by atoms with van der Waals surface area (Å²) >= 11 is 35.6. The van der Waals surface area contributed by atoms with Crippen LogP contribution in [0.2, 0.25) is 30.8 Å². The lowest BCUT2D eigenvalue weighted by Crippen LogP contribution is -2.24. The molecule has 0 fully saturated rings. The minimum absolute atomic E-state index is 0.0634. The highest BCUT2D eigenvalue weighted by molar-refractivity contribution is 14.1. The number of anilines is 3. The maximum Gasteiger partial charge on any atom is 0.291 e. The first kappa shape index (κ1) is 50.5. The fourth-order valence-electron chi connectivity index (χ4n) is 4.08. The van der Waals surface area contributed by atoms with Gasteiger partial charge in [0.25, 0.3) is 27.8 Å². The van der Waals surface area contributed by atoms with Crippen molar-refractivity contribution in [2.45, 2.75) is 6.92 Å². The summed E-state index contributed by atoms with van der Waals surface area (Å²) in [6.07, 6.45) is 4.74. The lowest BCUT2D eigenvalue weighted by atomic mass is 10.2. The van der Waals surface area contributed by atoms with E-state index in [4.69, 9.17) is 91.5 Å². The highest BCUT2D eigenvalue weighted by atomic mass is 127. The van der Waals surface area contributed by atoms with E-state index in [2.05, 4.69) is 25.5 Å². The first-order valence-corrected chi connectivity index (χ1v) is 19.3. The second-order valence-electron chi connectivity index (χ2n) is 11.3. The molecule has 0 atom stereocenters. The highest BCUT2D eigenvalue weighted by Crippen LogP contribution is 2.19. The number of nitrogens with zero attached hydrogens (tertiary/aromatic N) is 11. The summed E-state index contributed by atoms with van der Waals surface area (Å²) in [5.74, 6) is 0. The molecule has 0 spiro atoms. The lowest BCUT2D eigenvalue weighted by molar-refractivity contribution is 0.272. The Bertz CT molecular complexity index is 2680. The molecule has 0 amide bonds. The zero-order valence-corrected chi connectivity index (χ0v) is 38.6. The number of hydrogen-bond donors (Lipinski definition) is 3. The summed E-state index contributed by atoms with van der Waals surface area (Å²) in [7, 11) is 9.35. The topological polar surface area (TPSA) is 267 Å². The average molecular weight is 1050 g/mol. The van der Waals surface area contributed by atoms with Crippen molar-refractivity contribution >= 4 is 126 Å². The van der Waals surface area contributed by atoms with Gasteiger partial charge in [0.15, 0.2) is 25.8 Å². The van der Waals surface area contributed by atoms with Gasteiger partial charge >= 0.3 is 0 Å². The molecule has 0 aliphatic heterocycles. The van der Waals surface area contributed by atoms with Crippen LogP contribution in [0.25, 0.3) is 17.0 Å². The SMILES string of the molecule is CCO/C=C/c1c(Cl)nn(C)c(=O)c1N.Cn1nc(Cl)c(I)c(N)c1=O.Cn1nc(Cl)c2ccn(C)c2c1=O.Cn1nc(Cl)cc(Cl)c1=O.Cn1nc(Cl)cc(N)c1=O. The van der Waals surface area contributed by atoms with Gasteiger partial charge in [-0.1, -0.05) is 69.6 Å². The highest BCUT2D eigenvalue weighted by Gasteiger charge is 2.11. The van der Waals surface area contributed by atoms with Crippen molar-refractivity contribution < 1.29 is 4.74 Å². The maximum atomic E-state index is 11.6. The molecule has 0 unspecified atom stereocenters. The van der Waals surface area contributed by atoms with Crippen LogP contribution in [0.3, 0.4) is 0 Å². The Morgan fingerprint density at radius 1 is 0.644 bits per heavy atom. The van der Waals surface area contributed by atoms with Crippen LogP contribution in [0.4, 0.5) is 17.1 Å². The molecule has 0 radical (unpaired) electrons. The summed E-state index contributed by atoms with van der Waals surface area (Å²) in [6.45, 7) is 2.38. The molecule has 0 saturated heterocycles. The first-order valence-electron chi connectivity index (χ1n) is 16.0. The maximum absolute atomic E-state index is 11.6. The van der Waals surface area contributed by atoms with Crippen LogP contribution >= 0.6 is 92.2 Å². The lowest BCUT2D eigenvalue weighted by Gasteiger charge is -2.04. The Hall–Kier alpha value is -4.65. The van der Waals surface area contributed by atoms with Crippen LogP contribution in [-0.2, 0) is 47.0 Å². The molecule has 27 heteroatoms. The Morgan fingerprint density at radius 2 is 1.12 bits per heavy atom. The number of rotatable bonds is 3. The van der Waals surface area contributed by atoms with Crippen LogP contribution in [0.15, 0.2) is 54.6 Å². The molecule has 6 aromatic heterocycles. The summed E-state index contributed by atoms with van der Waals surface area (Å²) < 4.78 is 12.9. The van der Waals surface area contributed by atoms with Gasteiger partial charge in [-0.2, -0.15) is 25.5 Å². The third kappa shape index (κ3) is 13.7. The number of halogens is 7. The second kappa shape index (κ2) is 22.6. The minimum atomic E-state index is -0.379. The molecular formula is C32H35Cl6IN14O6. The number of ether oxygens (including phenoxy) is 1. The van der Waals surface area contributed by atoms with E-state index in [9.17, 15) is 24.0 Å². The van der Waals surface area contributed by atoms with Gasteiger partial charge < -0.3 is 26.5 Å². The third-order valence-corrected chi connectivity index (χ3v) is 9.91. The average Bonchev–Trinajstić information content (AvgIpc) is 3.56. The van der Waals surface area contributed by atoms with Crippen molar-refractivity contribution in [1.29, 1.82) is 0 Å². The molecular weight excluding hydrogens is 1020 g/mol. The molecule has 59 heavy (non-hydrogen) atoms. The Morgan fingerprint density at radius 3 is 1.66 bits per heavy atom. The molecule has 6 rings (SSSR count). The molecule has 0 bridgehead atoms. The molecule has 6 heterocycles. The van der Waals surface area contributed by atoms with E-state index in [1.54, 1.807) is 30.9 Å². The van der Waals surface area contributed by atoms with Crippen molar-refractivity contribution in [2.24, 2.45) is 42.3 Å². The van der Waals surface area contributed by atoms with Gasteiger partial charge in [0.2, 0.25) is 0 Å². The number of fused-ring (bicyclic) bond motifs is 1. The van der Waals surface area contributed by atoms with Crippen molar-refractivity contribution in [3.63, 3.8) is 0 Å². The molecule has 0 aromatic carbocycles. The van der Waals surface area contributed by atoms with Crippen LogP contribution in [-0.4, -0.2) is 60.1 Å².